The maximum atomic E-state index is 9.38. The highest BCUT2D eigenvalue weighted by atomic mass is 16.5. The molecule has 0 aliphatic carbocycles. The molecule has 0 aliphatic rings. The van der Waals surface area contributed by atoms with Gasteiger partial charge in [-0.2, -0.15) is 0 Å². The molecule has 0 radical (unpaired) electrons. The minimum absolute atomic E-state index is 0.410. The molecule has 0 bridgehead atoms. The van der Waals surface area contributed by atoms with E-state index < -0.39 is 31.0 Å². The summed E-state index contributed by atoms with van der Waals surface area (Å²) in [5.41, 5.74) is 0. The first-order valence-corrected chi connectivity index (χ1v) is 4.26. The molecule has 0 heterocycles. The van der Waals surface area contributed by atoms with Crippen molar-refractivity contribution in [2.24, 2.45) is 0 Å². The van der Waals surface area contributed by atoms with Crippen LogP contribution >= 0.6 is 0 Å². The molecule has 0 aliphatic heterocycles. The van der Waals surface area contributed by atoms with Crippen molar-refractivity contribution in [3.63, 3.8) is 0 Å². The highest BCUT2D eigenvalue weighted by Crippen LogP contribution is 2.10. The summed E-state index contributed by atoms with van der Waals surface area (Å²) in [6, 6.07) is 0. The second kappa shape index (κ2) is 6.28. The normalized spacial score (nSPS) is 20.8. The lowest BCUT2D eigenvalue weighted by molar-refractivity contribution is -0.129. The van der Waals surface area contributed by atoms with Crippen LogP contribution in [0.1, 0.15) is 13.3 Å². The summed E-state index contributed by atoms with van der Waals surface area (Å²) in [4.78, 5) is 0. The van der Waals surface area contributed by atoms with Crippen molar-refractivity contribution in [2.75, 3.05) is 13.7 Å². The molecule has 4 N–H and O–H groups in total. The Morgan fingerprint density at radius 2 is 1.69 bits per heavy atom. The molecule has 80 valence electrons. The second-order valence-electron chi connectivity index (χ2n) is 2.92. The highest BCUT2D eigenvalue weighted by Gasteiger charge is 2.30. The first-order chi connectivity index (χ1) is 6.08. The molecule has 5 heteroatoms. The molecular formula is C8H18O5. The van der Waals surface area contributed by atoms with Gasteiger partial charge in [0.15, 0.2) is 0 Å². The van der Waals surface area contributed by atoms with Gasteiger partial charge in [0.2, 0.25) is 0 Å². The summed E-state index contributed by atoms with van der Waals surface area (Å²) >= 11 is 0. The molecule has 0 spiro atoms. The fraction of sp³-hybridized carbons (Fsp3) is 1.00. The number of ether oxygens (including phenoxy) is 1. The predicted octanol–water partition coefficient (Wildman–Crippen LogP) is -1.51. The summed E-state index contributed by atoms with van der Waals surface area (Å²) in [7, 11) is 1.33. The van der Waals surface area contributed by atoms with Crippen LogP contribution in [0.2, 0.25) is 0 Å². The Bertz CT molecular complexity index is 130. The molecule has 0 aromatic carbocycles. The number of methoxy groups -OCH3 is 1. The zero-order valence-corrected chi connectivity index (χ0v) is 7.92. The van der Waals surface area contributed by atoms with Gasteiger partial charge in [-0.25, -0.2) is 0 Å². The minimum Gasteiger partial charge on any atom is -0.394 e. The van der Waals surface area contributed by atoms with Gasteiger partial charge in [-0.3, -0.25) is 0 Å². The lowest BCUT2D eigenvalue weighted by Gasteiger charge is -2.27. The van der Waals surface area contributed by atoms with Gasteiger partial charge in [0, 0.05) is 7.11 Å². The Balaban J connectivity index is 4.21. The number of hydrogen-bond acceptors (Lipinski definition) is 5. The van der Waals surface area contributed by atoms with E-state index in [1.54, 1.807) is 6.92 Å². The lowest BCUT2D eigenvalue weighted by Crippen LogP contribution is -2.46. The van der Waals surface area contributed by atoms with Crippen LogP contribution in [-0.4, -0.2) is 58.6 Å². The zero-order valence-electron chi connectivity index (χ0n) is 7.92. The maximum Gasteiger partial charge on any atom is 0.111 e. The van der Waals surface area contributed by atoms with E-state index in [2.05, 4.69) is 0 Å². The van der Waals surface area contributed by atoms with Crippen molar-refractivity contribution < 1.29 is 25.2 Å². The van der Waals surface area contributed by atoms with Gasteiger partial charge in [-0.05, 0) is 6.42 Å². The van der Waals surface area contributed by atoms with Gasteiger partial charge >= 0.3 is 0 Å². The first kappa shape index (κ1) is 12.8. The third-order valence-electron chi connectivity index (χ3n) is 1.99. The van der Waals surface area contributed by atoms with Gasteiger partial charge in [-0.15, -0.1) is 0 Å². The largest absolute Gasteiger partial charge is 0.394 e. The lowest BCUT2D eigenvalue weighted by atomic mass is 10.0. The van der Waals surface area contributed by atoms with Gasteiger partial charge < -0.3 is 25.2 Å². The molecule has 0 aromatic heterocycles. The SMILES string of the molecule is CC[C@H](O)[C@H](OC)[C@@H](O)[C@@H](O)CO. The maximum absolute atomic E-state index is 9.38. The van der Waals surface area contributed by atoms with Crippen molar-refractivity contribution in [3.8, 4) is 0 Å². The van der Waals surface area contributed by atoms with Crippen LogP contribution < -0.4 is 0 Å². The van der Waals surface area contributed by atoms with Gasteiger partial charge in [-0.1, -0.05) is 6.92 Å². The van der Waals surface area contributed by atoms with E-state index in [0.29, 0.717) is 6.42 Å². The quantitative estimate of drug-likeness (QED) is 0.412. The summed E-state index contributed by atoms with van der Waals surface area (Å²) in [6.45, 7) is 1.17. The fourth-order valence-corrected chi connectivity index (χ4v) is 1.08. The van der Waals surface area contributed by atoms with Crippen LogP contribution in [0.25, 0.3) is 0 Å². The summed E-state index contributed by atoms with van der Waals surface area (Å²) in [6.07, 6.45) is -3.86. The van der Waals surface area contributed by atoms with Crippen LogP contribution in [0.4, 0.5) is 0 Å². The molecule has 0 saturated carbocycles. The standard InChI is InChI=1S/C8H18O5/c1-3-5(10)8(13-2)7(12)6(11)4-9/h5-12H,3-4H2,1-2H3/t5-,6-,7-,8-/m0/s1. The molecule has 13 heavy (non-hydrogen) atoms. The monoisotopic (exact) mass is 194 g/mol. The van der Waals surface area contributed by atoms with Crippen molar-refractivity contribution >= 4 is 0 Å². The smallest absolute Gasteiger partial charge is 0.111 e. The van der Waals surface area contributed by atoms with Gasteiger partial charge in [0.05, 0.1) is 12.7 Å². The van der Waals surface area contributed by atoms with E-state index in [1.165, 1.54) is 7.11 Å². The topological polar surface area (TPSA) is 90.2 Å². The van der Waals surface area contributed by atoms with Gasteiger partial charge in [0.25, 0.3) is 0 Å². The average Bonchev–Trinajstić information content (AvgIpc) is 2.17. The van der Waals surface area contributed by atoms with Crippen LogP contribution in [-0.2, 0) is 4.74 Å². The summed E-state index contributed by atoms with van der Waals surface area (Å²) in [5.74, 6) is 0. The third kappa shape index (κ3) is 3.58. The van der Waals surface area contributed by atoms with Crippen LogP contribution in [0.3, 0.4) is 0 Å². The molecule has 4 atom stereocenters. The van der Waals surface area contributed by atoms with Crippen LogP contribution in [0, 0.1) is 0 Å². The molecule has 5 nitrogen and oxygen atoms in total. The van der Waals surface area contributed by atoms with Crippen molar-refractivity contribution in [3.05, 3.63) is 0 Å². The summed E-state index contributed by atoms with van der Waals surface area (Å²) in [5, 5.41) is 36.4. The van der Waals surface area contributed by atoms with Crippen molar-refractivity contribution in [1.29, 1.82) is 0 Å². The Morgan fingerprint density at radius 3 is 2.00 bits per heavy atom. The van der Waals surface area contributed by atoms with E-state index in [1.807, 2.05) is 0 Å². The Labute approximate surface area is 77.6 Å². The predicted molar refractivity (Wildman–Crippen MR) is 46.2 cm³/mol. The van der Waals surface area contributed by atoms with E-state index in [4.69, 9.17) is 14.9 Å². The molecule has 0 rings (SSSR count). The Kier molecular flexibility index (Phi) is 6.19. The number of aliphatic hydroxyl groups excluding tert-OH is 4. The molecule has 0 amide bonds. The minimum atomic E-state index is -1.29. The molecule has 0 unspecified atom stereocenters. The molecule has 0 aromatic rings. The summed E-state index contributed by atoms with van der Waals surface area (Å²) < 4.78 is 4.82. The number of aliphatic hydroxyl groups is 4. The van der Waals surface area contributed by atoms with E-state index in [-0.39, 0.29) is 0 Å². The zero-order chi connectivity index (χ0) is 10.4. The first-order valence-electron chi connectivity index (χ1n) is 4.26. The molecule has 0 saturated heterocycles. The second-order valence-corrected chi connectivity index (χ2v) is 2.92. The highest BCUT2D eigenvalue weighted by molar-refractivity contribution is 4.81. The molecular weight excluding hydrogens is 176 g/mol. The van der Waals surface area contributed by atoms with Crippen LogP contribution in [0.15, 0.2) is 0 Å². The average molecular weight is 194 g/mol. The van der Waals surface area contributed by atoms with E-state index in [9.17, 15) is 10.2 Å². The van der Waals surface area contributed by atoms with E-state index in [0.717, 1.165) is 0 Å². The van der Waals surface area contributed by atoms with Gasteiger partial charge in [0.1, 0.15) is 18.3 Å². The van der Waals surface area contributed by atoms with Crippen molar-refractivity contribution in [1.82, 2.24) is 0 Å². The van der Waals surface area contributed by atoms with E-state index >= 15 is 0 Å². The van der Waals surface area contributed by atoms with Crippen molar-refractivity contribution in [2.45, 2.75) is 37.8 Å². The fourth-order valence-electron chi connectivity index (χ4n) is 1.08. The van der Waals surface area contributed by atoms with Crippen LogP contribution in [0.5, 0.6) is 0 Å². The Morgan fingerprint density at radius 1 is 1.15 bits per heavy atom. The number of hydrogen-bond donors (Lipinski definition) is 4. The molecule has 0 fully saturated rings. The number of rotatable bonds is 6. The third-order valence-corrected chi connectivity index (χ3v) is 1.99. The Hall–Kier alpha value is -0.200.